The van der Waals surface area contributed by atoms with Crippen LogP contribution in [0, 0.1) is 0 Å². The number of nitrogens with zero attached hydrogens (tertiary/aromatic N) is 1. The molecule has 0 saturated carbocycles. The molecule has 2 rings (SSSR count). The lowest BCUT2D eigenvalue weighted by Crippen LogP contribution is -2.33. The molecule has 0 aromatic heterocycles. The lowest BCUT2D eigenvalue weighted by Gasteiger charge is -2.21. The Morgan fingerprint density at radius 2 is 2.00 bits per heavy atom. The lowest BCUT2D eigenvalue weighted by molar-refractivity contribution is 0.148. The van der Waals surface area contributed by atoms with Gasteiger partial charge in [0, 0.05) is 31.3 Å². The molecule has 0 unspecified atom stereocenters. The molecule has 2 N–H and O–H groups in total. The highest BCUT2D eigenvalue weighted by Crippen LogP contribution is 2.31. The Bertz CT molecular complexity index is 585. The van der Waals surface area contributed by atoms with Crippen LogP contribution in [-0.2, 0) is 21.3 Å². The molecular formula is C12H16Cl2N2O3S. The van der Waals surface area contributed by atoms with Crippen LogP contribution in [0.25, 0.3) is 0 Å². The van der Waals surface area contributed by atoms with Gasteiger partial charge in [0.2, 0.25) is 10.0 Å². The van der Waals surface area contributed by atoms with Crippen molar-refractivity contribution in [2.24, 2.45) is 5.73 Å². The third-order valence-corrected chi connectivity index (χ3v) is 5.80. The van der Waals surface area contributed by atoms with E-state index >= 15 is 0 Å². The molecule has 20 heavy (non-hydrogen) atoms. The minimum absolute atomic E-state index is 0.00835. The maximum Gasteiger partial charge on any atom is 0.244 e. The van der Waals surface area contributed by atoms with Gasteiger partial charge >= 0.3 is 0 Å². The predicted octanol–water partition coefficient (Wildman–Crippen LogP) is 1.86. The van der Waals surface area contributed by atoms with Crippen LogP contribution in [0.1, 0.15) is 12.0 Å². The number of hydrogen-bond acceptors (Lipinski definition) is 4. The fourth-order valence-corrected chi connectivity index (χ4v) is 4.44. The maximum atomic E-state index is 12.7. The van der Waals surface area contributed by atoms with E-state index in [1.165, 1.54) is 10.4 Å². The summed E-state index contributed by atoms with van der Waals surface area (Å²) in [5.41, 5.74) is 6.08. The van der Waals surface area contributed by atoms with Crippen molar-refractivity contribution in [1.29, 1.82) is 0 Å². The number of nitrogens with two attached hydrogens (primary N) is 1. The summed E-state index contributed by atoms with van der Waals surface area (Å²) < 4.78 is 32.0. The van der Waals surface area contributed by atoms with Crippen LogP contribution < -0.4 is 5.73 Å². The summed E-state index contributed by atoms with van der Waals surface area (Å²) in [6, 6.07) is 2.94. The summed E-state index contributed by atoms with van der Waals surface area (Å²) in [7, 11) is -3.69. The molecule has 0 aliphatic carbocycles. The van der Waals surface area contributed by atoms with E-state index < -0.39 is 10.0 Å². The molecule has 0 atom stereocenters. The number of benzene rings is 1. The van der Waals surface area contributed by atoms with Gasteiger partial charge in [0.05, 0.1) is 11.6 Å². The summed E-state index contributed by atoms with van der Waals surface area (Å²) in [6.07, 6.45) is 0.654. The molecule has 1 saturated heterocycles. The first-order valence-corrected chi connectivity index (χ1v) is 8.42. The first-order chi connectivity index (χ1) is 9.46. The van der Waals surface area contributed by atoms with Gasteiger partial charge in [-0.15, -0.1) is 0 Å². The van der Waals surface area contributed by atoms with Gasteiger partial charge in [-0.25, -0.2) is 8.42 Å². The summed E-state index contributed by atoms with van der Waals surface area (Å²) >= 11 is 12.1. The van der Waals surface area contributed by atoms with E-state index in [-0.39, 0.29) is 16.5 Å². The second-order valence-corrected chi connectivity index (χ2v) is 7.17. The van der Waals surface area contributed by atoms with E-state index in [0.29, 0.717) is 43.3 Å². The van der Waals surface area contributed by atoms with Gasteiger partial charge < -0.3 is 10.5 Å². The zero-order chi connectivity index (χ0) is 14.8. The SMILES string of the molecule is NCc1cc(Cl)cc(S(=O)(=O)N2CCCOCC2)c1Cl. The molecule has 1 heterocycles. The van der Waals surface area contributed by atoms with Crippen LogP contribution in [-0.4, -0.2) is 39.0 Å². The van der Waals surface area contributed by atoms with Gasteiger partial charge in [-0.05, 0) is 24.1 Å². The normalized spacial score (nSPS) is 17.9. The van der Waals surface area contributed by atoms with Gasteiger partial charge in [-0.1, -0.05) is 23.2 Å². The Morgan fingerprint density at radius 3 is 2.70 bits per heavy atom. The topological polar surface area (TPSA) is 72.6 Å². The van der Waals surface area contributed by atoms with Gasteiger partial charge in [-0.3, -0.25) is 0 Å². The quantitative estimate of drug-likeness (QED) is 0.912. The van der Waals surface area contributed by atoms with Crippen LogP contribution in [0.3, 0.4) is 0 Å². The molecule has 0 amide bonds. The van der Waals surface area contributed by atoms with E-state index in [0.717, 1.165) is 0 Å². The third kappa shape index (κ3) is 3.27. The highest BCUT2D eigenvalue weighted by Gasteiger charge is 2.28. The minimum Gasteiger partial charge on any atom is -0.380 e. The number of rotatable bonds is 3. The van der Waals surface area contributed by atoms with Crippen molar-refractivity contribution in [3.05, 3.63) is 27.7 Å². The Hall–Kier alpha value is -0.370. The number of halogens is 2. The summed E-state index contributed by atoms with van der Waals surface area (Å²) in [6.45, 7) is 1.78. The average Bonchev–Trinajstić information content (AvgIpc) is 2.70. The molecule has 5 nitrogen and oxygen atoms in total. The number of sulfonamides is 1. The molecule has 1 aliphatic heterocycles. The largest absolute Gasteiger partial charge is 0.380 e. The van der Waals surface area contributed by atoms with E-state index in [4.69, 9.17) is 33.7 Å². The first kappa shape index (κ1) is 16.0. The van der Waals surface area contributed by atoms with Gasteiger partial charge in [0.25, 0.3) is 0 Å². The Morgan fingerprint density at radius 1 is 1.25 bits per heavy atom. The fraction of sp³-hybridized carbons (Fsp3) is 0.500. The van der Waals surface area contributed by atoms with Crippen LogP contribution >= 0.6 is 23.2 Å². The Kier molecular flexibility index (Phi) is 5.28. The molecule has 1 aromatic rings. The summed E-state index contributed by atoms with van der Waals surface area (Å²) in [5.74, 6) is 0. The minimum atomic E-state index is -3.69. The molecule has 0 bridgehead atoms. The maximum absolute atomic E-state index is 12.7. The molecule has 0 radical (unpaired) electrons. The number of ether oxygens (including phenoxy) is 1. The first-order valence-electron chi connectivity index (χ1n) is 6.22. The van der Waals surface area contributed by atoms with Crippen molar-refractivity contribution in [3.8, 4) is 0 Å². The Balaban J connectivity index is 2.45. The second-order valence-electron chi connectivity index (χ2n) is 4.45. The Labute approximate surface area is 128 Å². The van der Waals surface area contributed by atoms with Crippen molar-refractivity contribution in [2.75, 3.05) is 26.3 Å². The van der Waals surface area contributed by atoms with Crippen molar-refractivity contribution in [3.63, 3.8) is 0 Å². The van der Waals surface area contributed by atoms with Crippen LogP contribution in [0.4, 0.5) is 0 Å². The van der Waals surface area contributed by atoms with E-state index in [9.17, 15) is 8.42 Å². The average molecular weight is 339 g/mol. The highest BCUT2D eigenvalue weighted by molar-refractivity contribution is 7.89. The van der Waals surface area contributed by atoms with E-state index in [1.54, 1.807) is 6.07 Å². The van der Waals surface area contributed by atoms with Gasteiger partial charge in [-0.2, -0.15) is 4.31 Å². The van der Waals surface area contributed by atoms with Gasteiger partial charge in [0.1, 0.15) is 4.90 Å². The molecule has 1 aliphatic rings. The number of hydrogen-bond donors (Lipinski definition) is 1. The van der Waals surface area contributed by atoms with Crippen LogP contribution in [0.5, 0.6) is 0 Å². The molecule has 1 fully saturated rings. The van der Waals surface area contributed by atoms with Crippen molar-refractivity contribution in [1.82, 2.24) is 4.31 Å². The lowest BCUT2D eigenvalue weighted by atomic mass is 10.2. The predicted molar refractivity (Wildman–Crippen MR) is 78.5 cm³/mol. The van der Waals surface area contributed by atoms with Crippen molar-refractivity contribution >= 4 is 33.2 Å². The summed E-state index contributed by atoms with van der Waals surface area (Å²) in [4.78, 5) is 0.00835. The van der Waals surface area contributed by atoms with E-state index in [2.05, 4.69) is 0 Å². The molecule has 112 valence electrons. The van der Waals surface area contributed by atoms with Gasteiger partial charge in [0.15, 0.2) is 0 Å². The summed E-state index contributed by atoms with van der Waals surface area (Å²) in [5, 5.41) is 0.446. The monoisotopic (exact) mass is 338 g/mol. The molecule has 0 spiro atoms. The zero-order valence-electron chi connectivity index (χ0n) is 10.8. The van der Waals surface area contributed by atoms with Crippen LogP contribution in [0.2, 0.25) is 10.0 Å². The zero-order valence-corrected chi connectivity index (χ0v) is 13.1. The molecular weight excluding hydrogens is 323 g/mol. The van der Waals surface area contributed by atoms with Crippen molar-refractivity contribution in [2.45, 2.75) is 17.9 Å². The van der Waals surface area contributed by atoms with Crippen LogP contribution in [0.15, 0.2) is 17.0 Å². The highest BCUT2D eigenvalue weighted by atomic mass is 35.5. The van der Waals surface area contributed by atoms with E-state index in [1.807, 2.05) is 0 Å². The fourth-order valence-electron chi connectivity index (χ4n) is 2.06. The van der Waals surface area contributed by atoms with Crippen molar-refractivity contribution < 1.29 is 13.2 Å². The smallest absolute Gasteiger partial charge is 0.244 e. The molecule has 8 heteroatoms. The third-order valence-electron chi connectivity index (χ3n) is 3.10. The standard InChI is InChI=1S/C12H16Cl2N2O3S/c13-10-6-9(8-15)12(14)11(7-10)20(17,18)16-2-1-4-19-5-3-16/h6-7H,1-5,8,15H2. The second kappa shape index (κ2) is 6.60. The molecule has 1 aromatic carbocycles.